The molecule has 2 aromatic rings. The number of rotatable bonds is 4. The standard InChI is InChI=1S/C24H26FN5O2/c1-24(2,3)32-23(31)29-18-8-12-30(13-9-18)22-20(6-10-26)19(7-11-28-22)16-4-5-17(15-27)21(25)14-16/h4-5,7,11,14,18H,6,8-9,12-13H2,1-3H3,(H,29,31). The number of pyridine rings is 1. The average molecular weight is 436 g/mol. The van der Waals surface area contributed by atoms with E-state index >= 15 is 0 Å². The summed E-state index contributed by atoms with van der Waals surface area (Å²) in [6.45, 7) is 6.77. The van der Waals surface area contributed by atoms with E-state index in [9.17, 15) is 14.4 Å². The lowest BCUT2D eigenvalue weighted by Crippen LogP contribution is -2.46. The van der Waals surface area contributed by atoms with Crippen LogP contribution in [0.25, 0.3) is 11.1 Å². The van der Waals surface area contributed by atoms with Gasteiger partial charge in [-0.25, -0.2) is 14.2 Å². The molecule has 1 amide bonds. The number of amides is 1. The topological polar surface area (TPSA) is 102 Å². The van der Waals surface area contributed by atoms with Gasteiger partial charge in [0.1, 0.15) is 23.3 Å². The fourth-order valence-corrected chi connectivity index (χ4v) is 3.76. The van der Waals surface area contributed by atoms with Crippen molar-refractivity contribution < 1.29 is 13.9 Å². The maximum absolute atomic E-state index is 14.2. The van der Waals surface area contributed by atoms with Crippen LogP contribution in [0.2, 0.25) is 0 Å². The number of alkyl carbamates (subject to hydrolysis) is 1. The fraction of sp³-hybridized carbons (Fsp3) is 0.417. The first-order chi connectivity index (χ1) is 15.2. The van der Waals surface area contributed by atoms with Crippen molar-refractivity contribution in [2.24, 2.45) is 0 Å². The number of halogens is 1. The van der Waals surface area contributed by atoms with Crippen LogP contribution in [-0.2, 0) is 11.2 Å². The highest BCUT2D eigenvalue weighted by Gasteiger charge is 2.26. The van der Waals surface area contributed by atoms with Crippen LogP contribution < -0.4 is 10.2 Å². The number of hydrogen-bond acceptors (Lipinski definition) is 6. The number of carbonyl (C=O) groups is 1. The lowest BCUT2D eigenvalue weighted by atomic mass is 9.96. The molecule has 1 saturated heterocycles. The number of aromatic nitrogens is 1. The molecule has 166 valence electrons. The van der Waals surface area contributed by atoms with Crippen LogP contribution in [0.4, 0.5) is 15.0 Å². The van der Waals surface area contributed by atoms with Gasteiger partial charge >= 0.3 is 6.09 Å². The molecule has 1 aromatic carbocycles. The molecule has 0 saturated carbocycles. The number of piperidine rings is 1. The van der Waals surface area contributed by atoms with Crippen molar-refractivity contribution in [3.8, 4) is 23.3 Å². The van der Waals surface area contributed by atoms with E-state index < -0.39 is 17.5 Å². The highest BCUT2D eigenvalue weighted by atomic mass is 19.1. The van der Waals surface area contributed by atoms with E-state index in [0.29, 0.717) is 42.9 Å². The second-order valence-corrected chi connectivity index (χ2v) is 8.71. The zero-order valence-electron chi connectivity index (χ0n) is 18.5. The third-order valence-electron chi connectivity index (χ3n) is 5.20. The highest BCUT2D eigenvalue weighted by molar-refractivity contribution is 5.74. The minimum Gasteiger partial charge on any atom is -0.444 e. The summed E-state index contributed by atoms with van der Waals surface area (Å²) in [5.74, 6) is 0.0878. The van der Waals surface area contributed by atoms with Crippen LogP contribution in [0.3, 0.4) is 0 Å². The van der Waals surface area contributed by atoms with Gasteiger partial charge in [-0.15, -0.1) is 0 Å². The van der Waals surface area contributed by atoms with Gasteiger partial charge < -0.3 is 15.0 Å². The number of nitrogens with zero attached hydrogens (tertiary/aromatic N) is 4. The van der Waals surface area contributed by atoms with Crippen molar-refractivity contribution in [3.63, 3.8) is 0 Å². The van der Waals surface area contributed by atoms with Crippen LogP contribution >= 0.6 is 0 Å². The smallest absolute Gasteiger partial charge is 0.407 e. The Balaban J connectivity index is 1.79. The third-order valence-corrected chi connectivity index (χ3v) is 5.20. The minimum atomic E-state index is -0.597. The Morgan fingerprint density at radius 2 is 2.00 bits per heavy atom. The number of nitriles is 2. The van der Waals surface area contributed by atoms with Crippen LogP contribution in [0, 0.1) is 28.5 Å². The number of anilines is 1. The van der Waals surface area contributed by atoms with Crippen LogP contribution in [0.5, 0.6) is 0 Å². The van der Waals surface area contributed by atoms with Gasteiger partial charge in [0.25, 0.3) is 0 Å². The SMILES string of the molecule is CC(C)(C)OC(=O)NC1CCN(c2nccc(-c3ccc(C#N)c(F)c3)c2CC#N)CC1. The number of nitrogens with one attached hydrogen (secondary N) is 1. The predicted octanol–water partition coefficient (Wildman–Crippen LogP) is 4.32. The molecule has 0 aliphatic carbocycles. The molecule has 1 fully saturated rings. The monoisotopic (exact) mass is 435 g/mol. The lowest BCUT2D eigenvalue weighted by molar-refractivity contribution is 0.0497. The number of carbonyl (C=O) groups excluding carboxylic acids is 1. The van der Waals surface area contributed by atoms with Crippen molar-refractivity contribution in [1.82, 2.24) is 10.3 Å². The van der Waals surface area contributed by atoms with Gasteiger partial charge in [0.2, 0.25) is 0 Å². The van der Waals surface area contributed by atoms with Gasteiger partial charge in [0.05, 0.1) is 18.1 Å². The molecule has 32 heavy (non-hydrogen) atoms. The van der Waals surface area contributed by atoms with E-state index in [2.05, 4.69) is 21.3 Å². The molecule has 3 rings (SSSR count). The summed E-state index contributed by atoms with van der Waals surface area (Å²) >= 11 is 0. The molecule has 7 nitrogen and oxygen atoms in total. The summed E-state index contributed by atoms with van der Waals surface area (Å²) in [5.41, 5.74) is 1.46. The number of benzene rings is 1. The molecular weight excluding hydrogens is 409 g/mol. The summed E-state index contributed by atoms with van der Waals surface area (Å²) in [6.07, 6.45) is 2.76. The Bertz CT molecular complexity index is 1070. The Kier molecular flexibility index (Phi) is 6.95. The lowest BCUT2D eigenvalue weighted by Gasteiger charge is -2.34. The van der Waals surface area contributed by atoms with Crippen molar-refractivity contribution in [1.29, 1.82) is 10.5 Å². The average Bonchev–Trinajstić information content (AvgIpc) is 2.73. The molecule has 0 atom stereocenters. The van der Waals surface area contributed by atoms with Crippen molar-refractivity contribution in [2.75, 3.05) is 18.0 Å². The van der Waals surface area contributed by atoms with E-state index in [0.717, 1.165) is 5.56 Å². The van der Waals surface area contributed by atoms with E-state index in [-0.39, 0.29) is 18.0 Å². The van der Waals surface area contributed by atoms with Gasteiger partial charge in [-0.3, -0.25) is 0 Å². The quantitative estimate of drug-likeness (QED) is 0.767. The van der Waals surface area contributed by atoms with Gasteiger partial charge in [-0.1, -0.05) is 6.07 Å². The molecule has 8 heteroatoms. The largest absolute Gasteiger partial charge is 0.444 e. The highest BCUT2D eigenvalue weighted by Crippen LogP contribution is 2.32. The zero-order chi connectivity index (χ0) is 23.3. The van der Waals surface area contributed by atoms with Gasteiger partial charge in [-0.2, -0.15) is 10.5 Å². The summed E-state index contributed by atoms with van der Waals surface area (Å²) in [4.78, 5) is 18.6. The second kappa shape index (κ2) is 9.65. The molecule has 2 heterocycles. The minimum absolute atomic E-state index is 0.00341. The fourth-order valence-electron chi connectivity index (χ4n) is 3.76. The van der Waals surface area contributed by atoms with Crippen molar-refractivity contribution >= 4 is 11.9 Å². The molecule has 1 aliphatic rings. The Hall–Kier alpha value is -3.65. The second-order valence-electron chi connectivity index (χ2n) is 8.71. The Labute approximate surface area is 187 Å². The van der Waals surface area contributed by atoms with Crippen molar-refractivity contribution in [3.05, 3.63) is 47.4 Å². The van der Waals surface area contributed by atoms with Crippen LogP contribution in [-0.4, -0.2) is 35.8 Å². The van der Waals surface area contributed by atoms with Crippen LogP contribution in [0.15, 0.2) is 30.5 Å². The first kappa shape index (κ1) is 23.0. The molecule has 0 spiro atoms. The molecule has 1 N–H and O–H groups in total. The Morgan fingerprint density at radius 1 is 1.28 bits per heavy atom. The maximum Gasteiger partial charge on any atom is 0.407 e. The van der Waals surface area contributed by atoms with E-state index in [1.165, 1.54) is 12.1 Å². The summed E-state index contributed by atoms with van der Waals surface area (Å²) in [6, 6.07) is 10.2. The molecule has 0 radical (unpaired) electrons. The molecule has 0 bridgehead atoms. The molecular formula is C24H26FN5O2. The third kappa shape index (κ3) is 5.53. The summed E-state index contributed by atoms with van der Waals surface area (Å²) in [5, 5.41) is 21.3. The summed E-state index contributed by atoms with van der Waals surface area (Å²) < 4.78 is 19.5. The van der Waals surface area contributed by atoms with Crippen molar-refractivity contribution in [2.45, 2.75) is 51.7 Å². The van der Waals surface area contributed by atoms with Crippen LogP contribution in [0.1, 0.15) is 44.7 Å². The van der Waals surface area contributed by atoms with E-state index in [1.807, 2.05) is 26.8 Å². The predicted molar refractivity (Wildman–Crippen MR) is 118 cm³/mol. The maximum atomic E-state index is 14.2. The zero-order valence-corrected chi connectivity index (χ0v) is 18.5. The first-order valence-corrected chi connectivity index (χ1v) is 10.5. The molecule has 1 aliphatic heterocycles. The number of hydrogen-bond donors (Lipinski definition) is 1. The Morgan fingerprint density at radius 3 is 2.59 bits per heavy atom. The van der Waals surface area contributed by atoms with Gasteiger partial charge in [-0.05, 0) is 62.9 Å². The van der Waals surface area contributed by atoms with E-state index in [4.69, 9.17) is 10.00 Å². The molecule has 1 aromatic heterocycles. The van der Waals surface area contributed by atoms with Gasteiger partial charge in [0.15, 0.2) is 0 Å². The van der Waals surface area contributed by atoms with E-state index in [1.54, 1.807) is 18.3 Å². The summed E-state index contributed by atoms with van der Waals surface area (Å²) in [7, 11) is 0. The number of ether oxygens (including phenoxy) is 1. The molecule has 0 unspecified atom stereocenters. The first-order valence-electron chi connectivity index (χ1n) is 10.5. The normalized spacial score (nSPS) is 14.4. The van der Waals surface area contributed by atoms with Gasteiger partial charge in [0, 0.05) is 30.9 Å².